The number of hydrogen-bond donors (Lipinski definition) is 1. The standard InChI is InChI=1S/C19H26N2O/c1-5-12-22-18-9-6-16(7-10-18)19-11-8-17(15(4)21-19)13-20-14(2)3/h6-11,14,20H,5,12-13H2,1-4H3. The largest absolute Gasteiger partial charge is 0.494 e. The van der Waals surface area contributed by atoms with Crippen molar-refractivity contribution in [3.63, 3.8) is 0 Å². The van der Waals surface area contributed by atoms with Gasteiger partial charge in [-0.05, 0) is 49.2 Å². The van der Waals surface area contributed by atoms with Gasteiger partial charge in [0.2, 0.25) is 0 Å². The van der Waals surface area contributed by atoms with E-state index in [1.54, 1.807) is 0 Å². The Morgan fingerprint density at radius 1 is 1.09 bits per heavy atom. The highest BCUT2D eigenvalue weighted by Gasteiger charge is 2.05. The van der Waals surface area contributed by atoms with E-state index in [0.29, 0.717) is 6.04 Å². The topological polar surface area (TPSA) is 34.1 Å². The van der Waals surface area contributed by atoms with Gasteiger partial charge in [-0.15, -0.1) is 0 Å². The third-order valence-electron chi connectivity index (χ3n) is 3.52. The molecule has 2 aromatic rings. The fraction of sp³-hybridized carbons (Fsp3) is 0.421. The summed E-state index contributed by atoms with van der Waals surface area (Å²) in [5.41, 5.74) is 4.46. The van der Waals surface area contributed by atoms with E-state index in [1.165, 1.54) is 5.56 Å². The Morgan fingerprint density at radius 2 is 1.82 bits per heavy atom. The molecule has 0 saturated carbocycles. The maximum atomic E-state index is 5.61. The molecule has 0 aliphatic rings. The Balaban J connectivity index is 2.10. The SMILES string of the molecule is CCCOc1ccc(-c2ccc(CNC(C)C)c(C)n2)cc1. The van der Waals surface area contributed by atoms with Gasteiger partial charge in [0, 0.05) is 23.8 Å². The van der Waals surface area contributed by atoms with Gasteiger partial charge in [0.1, 0.15) is 5.75 Å². The minimum atomic E-state index is 0.481. The molecule has 22 heavy (non-hydrogen) atoms. The summed E-state index contributed by atoms with van der Waals surface area (Å²) >= 11 is 0. The molecule has 0 saturated heterocycles. The second-order valence-electron chi connectivity index (χ2n) is 5.85. The molecule has 1 aromatic carbocycles. The van der Waals surface area contributed by atoms with Crippen LogP contribution >= 0.6 is 0 Å². The van der Waals surface area contributed by atoms with Crippen LogP contribution in [0.15, 0.2) is 36.4 Å². The predicted molar refractivity (Wildman–Crippen MR) is 92.2 cm³/mol. The fourth-order valence-electron chi connectivity index (χ4n) is 2.19. The molecular formula is C19H26N2O. The Bertz CT molecular complexity index is 591. The first kappa shape index (κ1) is 16.5. The first-order valence-corrected chi connectivity index (χ1v) is 8.03. The van der Waals surface area contributed by atoms with Crippen LogP contribution in [0.25, 0.3) is 11.3 Å². The normalized spacial score (nSPS) is 11.0. The van der Waals surface area contributed by atoms with Crippen LogP contribution in [0, 0.1) is 6.92 Å². The van der Waals surface area contributed by atoms with E-state index in [4.69, 9.17) is 9.72 Å². The second kappa shape index (κ2) is 7.95. The van der Waals surface area contributed by atoms with E-state index in [1.807, 2.05) is 12.1 Å². The molecule has 0 spiro atoms. The number of rotatable bonds is 7. The number of aryl methyl sites for hydroxylation is 1. The number of nitrogens with zero attached hydrogens (tertiary/aromatic N) is 1. The van der Waals surface area contributed by atoms with Crippen LogP contribution in [0.1, 0.15) is 38.4 Å². The quantitative estimate of drug-likeness (QED) is 0.825. The zero-order chi connectivity index (χ0) is 15.9. The molecule has 0 aliphatic heterocycles. The van der Waals surface area contributed by atoms with Crippen LogP contribution in [-0.4, -0.2) is 17.6 Å². The average molecular weight is 298 g/mol. The van der Waals surface area contributed by atoms with Crippen molar-refractivity contribution < 1.29 is 4.74 Å². The average Bonchev–Trinajstić information content (AvgIpc) is 2.52. The molecule has 0 aliphatic carbocycles. The van der Waals surface area contributed by atoms with Crippen molar-refractivity contribution in [2.75, 3.05) is 6.61 Å². The van der Waals surface area contributed by atoms with Gasteiger partial charge in [-0.2, -0.15) is 0 Å². The molecule has 1 heterocycles. The molecule has 1 aromatic heterocycles. The van der Waals surface area contributed by atoms with E-state index in [2.05, 4.69) is 57.3 Å². The lowest BCUT2D eigenvalue weighted by Gasteiger charge is -2.11. The van der Waals surface area contributed by atoms with Gasteiger partial charge in [0.25, 0.3) is 0 Å². The summed E-state index contributed by atoms with van der Waals surface area (Å²) < 4.78 is 5.61. The highest BCUT2D eigenvalue weighted by Crippen LogP contribution is 2.22. The van der Waals surface area contributed by atoms with Crippen LogP contribution < -0.4 is 10.1 Å². The number of benzene rings is 1. The summed E-state index contributed by atoms with van der Waals surface area (Å²) in [6, 6.07) is 12.9. The molecule has 0 fully saturated rings. The van der Waals surface area contributed by atoms with Gasteiger partial charge in [-0.25, -0.2) is 0 Å². The number of pyridine rings is 1. The summed E-state index contributed by atoms with van der Waals surface area (Å²) in [5.74, 6) is 0.917. The highest BCUT2D eigenvalue weighted by atomic mass is 16.5. The number of nitrogens with one attached hydrogen (secondary N) is 1. The zero-order valence-corrected chi connectivity index (χ0v) is 14.0. The third-order valence-corrected chi connectivity index (χ3v) is 3.52. The Kier molecular flexibility index (Phi) is 5.96. The lowest BCUT2D eigenvalue weighted by atomic mass is 10.1. The molecule has 3 heteroatoms. The minimum absolute atomic E-state index is 0.481. The van der Waals surface area contributed by atoms with Crippen LogP contribution in [0.4, 0.5) is 0 Å². The van der Waals surface area contributed by atoms with Gasteiger partial charge in [0.15, 0.2) is 0 Å². The van der Waals surface area contributed by atoms with Crippen molar-refractivity contribution in [2.45, 2.75) is 46.7 Å². The van der Waals surface area contributed by atoms with Gasteiger partial charge in [-0.3, -0.25) is 4.98 Å². The Morgan fingerprint density at radius 3 is 2.41 bits per heavy atom. The summed E-state index contributed by atoms with van der Waals surface area (Å²) in [5, 5.41) is 3.43. The minimum Gasteiger partial charge on any atom is -0.494 e. The first-order valence-electron chi connectivity index (χ1n) is 8.03. The van der Waals surface area contributed by atoms with Crippen molar-refractivity contribution >= 4 is 0 Å². The van der Waals surface area contributed by atoms with Gasteiger partial charge >= 0.3 is 0 Å². The summed E-state index contributed by atoms with van der Waals surface area (Å²) in [6.45, 7) is 10.1. The fourth-order valence-corrected chi connectivity index (χ4v) is 2.19. The molecule has 0 atom stereocenters. The lowest BCUT2D eigenvalue weighted by molar-refractivity contribution is 0.317. The molecule has 2 rings (SSSR count). The molecule has 118 valence electrons. The summed E-state index contributed by atoms with van der Waals surface area (Å²) in [7, 11) is 0. The van der Waals surface area contributed by atoms with Crippen molar-refractivity contribution in [1.29, 1.82) is 0 Å². The maximum Gasteiger partial charge on any atom is 0.119 e. The monoisotopic (exact) mass is 298 g/mol. The van der Waals surface area contributed by atoms with E-state index in [9.17, 15) is 0 Å². The molecular weight excluding hydrogens is 272 g/mol. The maximum absolute atomic E-state index is 5.61. The van der Waals surface area contributed by atoms with Crippen LogP contribution in [0.2, 0.25) is 0 Å². The van der Waals surface area contributed by atoms with E-state index in [-0.39, 0.29) is 0 Å². The lowest BCUT2D eigenvalue weighted by Crippen LogP contribution is -2.22. The molecule has 0 radical (unpaired) electrons. The zero-order valence-electron chi connectivity index (χ0n) is 14.0. The summed E-state index contributed by atoms with van der Waals surface area (Å²) in [4.78, 5) is 4.73. The van der Waals surface area contributed by atoms with Crippen molar-refractivity contribution in [3.05, 3.63) is 47.7 Å². The molecule has 0 amide bonds. The second-order valence-corrected chi connectivity index (χ2v) is 5.85. The molecule has 0 bridgehead atoms. The number of hydrogen-bond acceptors (Lipinski definition) is 3. The van der Waals surface area contributed by atoms with Crippen molar-refractivity contribution in [1.82, 2.24) is 10.3 Å². The number of ether oxygens (including phenoxy) is 1. The smallest absolute Gasteiger partial charge is 0.119 e. The Hall–Kier alpha value is -1.87. The molecule has 0 unspecified atom stereocenters. The third kappa shape index (κ3) is 4.57. The van der Waals surface area contributed by atoms with Gasteiger partial charge < -0.3 is 10.1 Å². The highest BCUT2D eigenvalue weighted by molar-refractivity contribution is 5.60. The van der Waals surface area contributed by atoms with E-state index in [0.717, 1.165) is 42.3 Å². The van der Waals surface area contributed by atoms with E-state index >= 15 is 0 Å². The Labute approximate surface area is 133 Å². The summed E-state index contributed by atoms with van der Waals surface area (Å²) in [6.07, 6.45) is 1.02. The van der Waals surface area contributed by atoms with Gasteiger partial charge in [-0.1, -0.05) is 26.8 Å². The van der Waals surface area contributed by atoms with Crippen LogP contribution in [0.5, 0.6) is 5.75 Å². The first-order chi connectivity index (χ1) is 10.6. The van der Waals surface area contributed by atoms with Crippen molar-refractivity contribution in [2.24, 2.45) is 0 Å². The van der Waals surface area contributed by atoms with E-state index < -0.39 is 0 Å². The van der Waals surface area contributed by atoms with Crippen LogP contribution in [-0.2, 0) is 6.54 Å². The molecule has 3 nitrogen and oxygen atoms in total. The van der Waals surface area contributed by atoms with Crippen molar-refractivity contribution in [3.8, 4) is 17.0 Å². The predicted octanol–water partition coefficient (Wildman–Crippen LogP) is 4.34. The van der Waals surface area contributed by atoms with Crippen LogP contribution in [0.3, 0.4) is 0 Å². The number of aromatic nitrogens is 1. The molecule has 1 N–H and O–H groups in total. The van der Waals surface area contributed by atoms with Gasteiger partial charge in [0.05, 0.1) is 12.3 Å².